The summed E-state index contributed by atoms with van der Waals surface area (Å²) in [6.07, 6.45) is -9.97. The van der Waals surface area contributed by atoms with Crippen molar-refractivity contribution >= 4 is 17.5 Å². The van der Waals surface area contributed by atoms with Crippen molar-refractivity contribution in [1.82, 2.24) is 5.43 Å². The van der Waals surface area contributed by atoms with Crippen LogP contribution in [0.25, 0.3) is 0 Å². The lowest BCUT2D eigenvalue weighted by atomic mass is 10.1. The second kappa shape index (κ2) is 6.99. The van der Waals surface area contributed by atoms with E-state index >= 15 is 0 Å². The zero-order valence-corrected chi connectivity index (χ0v) is 11.9. The average molecular weight is 353 g/mol. The number of hydrogen-bond donors (Lipinski definition) is 3. The van der Waals surface area contributed by atoms with Gasteiger partial charge in [-0.3, -0.25) is 4.79 Å². The molecule has 1 aliphatic rings. The van der Waals surface area contributed by atoms with Crippen LogP contribution in [-0.4, -0.2) is 42.6 Å². The predicted molar refractivity (Wildman–Crippen MR) is 72.6 cm³/mol. The summed E-state index contributed by atoms with van der Waals surface area (Å²) in [4.78, 5) is 10.9. The monoisotopic (exact) mass is 353 g/mol. The van der Waals surface area contributed by atoms with E-state index < -0.39 is 42.4 Å². The molecule has 1 aromatic rings. The van der Waals surface area contributed by atoms with Gasteiger partial charge in [0.25, 0.3) is 12.3 Å². The van der Waals surface area contributed by atoms with Gasteiger partial charge in [-0.1, -0.05) is 0 Å². The molecule has 0 saturated carbocycles. The highest BCUT2D eigenvalue weighted by atomic mass is 19.4. The Bertz CT molecular complexity index is 648. The molecule has 1 aromatic carbocycles. The molecule has 6 nitrogen and oxygen atoms in total. The molecule has 0 saturated heterocycles. The van der Waals surface area contributed by atoms with E-state index in [1.54, 1.807) is 0 Å². The Balaban J connectivity index is 2.27. The van der Waals surface area contributed by atoms with Crippen LogP contribution in [0.15, 0.2) is 23.3 Å². The fourth-order valence-electron chi connectivity index (χ4n) is 1.83. The largest absolute Gasteiger partial charge is 0.466 e. The highest BCUT2D eigenvalue weighted by molar-refractivity contribution is 5.98. The second-order valence-electron chi connectivity index (χ2n) is 4.78. The Morgan fingerprint density at radius 1 is 1.38 bits per heavy atom. The number of nitrogens with zero attached hydrogens (tertiary/aromatic N) is 1. The van der Waals surface area contributed by atoms with E-state index in [-0.39, 0.29) is 18.1 Å². The maximum atomic E-state index is 13.1. The number of hydrogen-bond acceptors (Lipinski definition) is 5. The van der Waals surface area contributed by atoms with Crippen molar-refractivity contribution in [3.8, 4) is 0 Å². The summed E-state index contributed by atoms with van der Waals surface area (Å²) in [6, 6.07) is 2.91. The number of carbonyl (C=O) groups is 1. The molecule has 1 atom stereocenters. The number of nitrogens with one attached hydrogen (secondary N) is 2. The molecule has 1 unspecified atom stereocenters. The van der Waals surface area contributed by atoms with Crippen LogP contribution >= 0.6 is 0 Å². The molecule has 0 radical (unpaired) electrons. The van der Waals surface area contributed by atoms with E-state index in [4.69, 9.17) is 9.84 Å². The van der Waals surface area contributed by atoms with Crippen LogP contribution in [0.5, 0.6) is 0 Å². The predicted octanol–water partition coefficient (Wildman–Crippen LogP) is 1.55. The molecular formula is C13H12F5N3O3. The van der Waals surface area contributed by atoms with Crippen molar-refractivity contribution in [1.29, 1.82) is 0 Å². The standard InChI is InChI=1S/C13H12F5N3O3/c14-11(15)9(22)4-19-8-2-1-6(3-7(8)13(16,17)18)12-21-20-10(23)5-24-12/h1-3,9,11,19,22H,4-5H2,(H,20,23). The summed E-state index contributed by atoms with van der Waals surface area (Å²) in [5.41, 5.74) is 0.385. The van der Waals surface area contributed by atoms with E-state index in [1.807, 2.05) is 0 Å². The number of benzene rings is 1. The number of hydrazone groups is 1. The third-order valence-corrected chi connectivity index (χ3v) is 2.99. The van der Waals surface area contributed by atoms with E-state index in [2.05, 4.69) is 15.8 Å². The normalized spacial score (nSPS) is 16.3. The lowest BCUT2D eigenvalue weighted by Crippen LogP contribution is -2.32. The van der Waals surface area contributed by atoms with Crippen molar-refractivity contribution in [3.63, 3.8) is 0 Å². The number of rotatable bonds is 5. The molecule has 0 aliphatic carbocycles. The van der Waals surface area contributed by atoms with Crippen LogP contribution in [-0.2, 0) is 15.7 Å². The van der Waals surface area contributed by atoms with Crippen LogP contribution in [0.4, 0.5) is 27.6 Å². The molecule has 11 heteroatoms. The lowest BCUT2D eigenvalue weighted by molar-refractivity contribution is -0.137. The van der Waals surface area contributed by atoms with Crippen LogP contribution < -0.4 is 10.7 Å². The molecule has 1 amide bonds. The number of ether oxygens (including phenoxy) is 1. The lowest BCUT2D eigenvalue weighted by Gasteiger charge is -2.19. The van der Waals surface area contributed by atoms with E-state index in [0.717, 1.165) is 6.07 Å². The van der Waals surface area contributed by atoms with E-state index in [0.29, 0.717) is 6.07 Å². The molecular weight excluding hydrogens is 341 g/mol. The molecule has 0 aromatic heterocycles. The summed E-state index contributed by atoms with van der Waals surface area (Å²) in [5.74, 6) is -0.756. The van der Waals surface area contributed by atoms with Gasteiger partial charge in [0.2, 0.25) is 5.90 Å². The van der Waals surface area contributed by atoms with Crippen molar-refractivity contribution in [2.24, 2.45) is 5.10 Å². The van der Waals surface area contributed by atoms with Gasteiger partial charge in [0, 0.05) is 17.8 Å². The minimum atomic E-state index is -4.79. The summed E-state index contributed by atoms with van der Waals surface area (Å²) in [6.45, 7) is -1.14. The first-order chi connectivity index (χ1) is 11.2. The molecule has 24 heavy (non-hydrogen) atoms. The first-order valence-corrected chi connectivity index (χ1v) is 6.59. The highest BCUT2D eigenvalue weighted by Crippen LogP contribution is 2.35. The molecule has 2 rings (SSSR count). The second-order valence-corrected chi connectivity index (χ2v) is 4.78. The Kier molecular flexibility index (Phi) is 5.22. The summed E-state index contributed by atoms with van der Waals surface area (Å²) < 4.78 is 68.8. The average Bonchev–Trinajstić information content (AvgIpc) is 2.52. The molecule has 1 heterocycles. The van der Waals surface area contributed by atoms with Crippen LogP contribution in [0, 0.1) is 0 Å². The maximum absolute atomic E-state index is 13.1. The van der Waals surface area contributed by atoms with E-state index in [1.165, 1.54) is 6.07 Å². The SMILES string of the molecule is O=C1COC(c2ccc(NCC(O)C(F)F)c(C(F)(F)F)c2)=NN1. The van der Waals surface area contributed by atoms with Gasteiger partial charge in [0.05, 0.1) is 5.56 Å². The fraction of sp³-hybridized carbons (Fsp3) is 0.385. The maximum Gasteiger partial charge on any atom is 0.418 e. The zero-order chi connectivity index (χ0) is 17.9. The third kappa shape index (κ3) is 4.31. The number of amides is 1. The number of alkyl halides is 5. The Morgan fingerprint density at radius 3 is 2.62 bits per heavy atom. The van der Waals surface area contributed by atoms with Gasteiger partial charge in [0.15, 0.2) is 6.61 Å². The Labute approximate surface area is 132 Å². The van der Waals surface area contributed by atoms with Gasteiger partial charge < -0.3 is 15.2 Å². The quantitative estimate of drug-likeness (QED) is 0.702. The molecule has 132 valence electrons. The topological polar surface area (TPSA) is 83.0 Å². The number of halogens is 5. The molecule has 0 spiro atoms. The van der Waals surface area contributed by atoms with E-state index in [9.17, 15) is 26.7 Å². The zero-order valence-electron chi connectivity index (χ0n) is 11.9. The number of anilines is 1. The Morgan fingerprint density at radius 2 is 2.08 bits per heavy atom. The number of aliphatic hydroxyl groups is 1. The van der Waals surface area contributed by atoms with Gasteiger partial charge in [-0.05, 0) is 18.2 Å². The Hall–Kier alpha value is -2.43. The minimum absolute atomic E-state index is 0.0534. The summed E-state index contributed by atoms with van der Waals surface area (Å²) in [5, 5.41) is 14.6. The molecule has 1 aliphatic heterocycles. The smallest absolute Gasteiger partial charge is 0.418 e. The third-order valence-electron chi connectivity index (χ3n) is 2.99. The minimum Gasteiger partial charge on any atom is -0.466 e. The highest BCUT2D eigenvalue weighted by Gasteiger charge is 2.35. The van der Waals surface area contributed by atoms with Crippen molar-refractivity contribution in [2.75, 3.05) is 18.5 Å². The van der Waals surface area contributed by atoms with Crippen LogP contribution in [0.2, 0.25) is 0 Å². The van der Waals surface area contributed by atoms with Gasteiger partial charge in [-0.15, -0.1) is 5.10 Å². The van der Waals surface area contributed by atoms with Crippen molar-refractivity contribution in [2.45, 2.75) is 18.7 Å². The fourth-order valence-corrected chi connectivity index (χ4v) is 1.83. The van der Waals surface area contributed by atoms with Crippen molar-refractivity contribution in [3.05, 3.63) is 29.3 Å². The number of carbonyl (C=O) groups excluding carboxylic acids is 1. The first-order valence-electron chi connectivity index (χ1n) is 6.59. The van der Waals surface area contributed by atoms with Crippen molar-refractivity contribution < 1.29 is 36.6 Å². The molecule has 0 fully saturated rings. The summed E-state index contributed by atoms with van der Waals surface area (Å²) in [7, 11) is 0. The van der Waals surface area contributed by atoms with Crippen LogP contribution in [0.3, 0.4) is 0 Å². The summed E-state index contributed by atoms with van der Waals surface area (Å²) >= 11 is 0. The molecule has 3 N–H and O–H groups in total. The van der Waals surface area contributed by atoms with Gasteiger partial charge in [-0.2, -0.15) is 13.2 Å². The first kappa shape index (κ1) is 17.9. The number of aliphatic hydroxyl groups excluding tert-OH is 1. The van der Waals surface area contributed by atoms with Crippen LogP contribution in [0.1, 0.15) is 11.1 Å². The molecule has 0 bridgehead atoms. The van der Waals surface area contributed by atoms with Gasteiger partial charge in [-0.25, -0.2) is 14.2 Å². The van der Waals surface area contributed by atoms with Gasteiger partial charge in [0.1, 0.15) is 6.10 Å². The van der Waals surface area contributed by atoms with Gasteiger partial charge >= 0.3 is 6.18 Å².